The van der Waals surface area contributed by atoms with Gasteiger partial charge in [0.15, 0.2) is 23.0 Å². The predicted molar refractivity (Wildman–Crippen MR) is 116 cm³/mol. The molecule has 0 fully saturated rings. The fraction of sp³-hybridized carbons (Fsp3) is 0.417. The Hall–Kier alpha value is -3.42. The molecule has 0 bridgehead atoms. The number of benzene rings is 2. The molecule has 172 valence electrons. The predicted octanol–water partition coefficient (Wildman–Crippen LogP) is 3.91. The average Bonchev–Trinajstić information content (AvgIpc) is 3.06. The smallest absolute Gasteiger partial charge is 0.308 e. The van der Waals surface area contributed by atoms with E-state index in [9.17, 15) is 19.8 Å². The second kappa shape index (κ2) is 9.80. The second-order valence-corrected chi connectivity index (χ2v) is 7.45. The van der Waals surface area contributed by atoms with Crippen molar-refractivity contribution in [1.82, 2.24) is 0 Å². The number of carboxylic acid groups (broad SMARTS) is 2. The Balaban J connectivity index is 2.23. The van der Waals surface area contributed by atoms with Crippen LogP contribution in [-0.2, 0) is 9.59 Å². The Morgan fingerprint density at radius 3 is 2.00 bits per heavy atom. The van der Waals surface area contributed by atoms with Crippen molar-refractivity contribution in [2.75, 3.05) is 27.4 Å². The van der Waals surface area contributed by atoms with Crippen molar-refractivity contribution in [3.63, 3.8) is 0 Å². The number of fused-ring (bicyclic) bond motifs is 1. The van der Waals surface area contributed by atoms with Crippen molar-refractivity contribution in [1.29, 1.82) is 0 Å². The van der Waals surface area contributed by atoms with Crippen molar-refractivity contribution in [3.8, 4) is 23.0 Å². The van der Waals surface area contributed by atoms with Crippen molar-refractivity contribution in [3.05, 3.63) is 47.0 Å². The Morgan fingerprint density at radius 2 is 1.44 bits per heavy atom. The van der Waals surface area contributed by atoms with Gasteiger partial charge in [-0.2, -0.15) is 0 Å². The number of aliphatic carboxylic acids is 2. The topological polar surface area (TPSA) is 112 Å². The summed E-state index contributed by atoms with van der Waals surface area (Å²) in [5.41, 5.74) is 2.04. The largest absolute Gasteiger partial charge is 0.493 e. The summed E-state index contributed by atoms with van der Waals surface area (Å²) in [6.45, 7) is 4.56. The highest BCUT2D eigenvalue weighted by Gasteiger charge is 2.47. The van der Waals surface area contributed by atoms with Crippen LogP contribution in [0.4, 0.5) is 0 Å². The van der Waals surface area contributed by atoms with Crippen LogP contribution in [0.1, 0.15) is 48.8 Å². The Kier molecular flexibility index (Phi) is 7.12. The molecular formula is C24H28O8. The van der Waals surface area contributed by atoms with Gasteiger partial charge in [-0.1, -0.05) is 6.07 Å². The van der Waals surface area contributed by atoms with E-state index in [2.05, 4.69) is 0 Å². The molecule has 0 saturated carbocycles. The summed E-state index contributed by atoms with van der Waals surface area (Å²) in [5, 5.41) is 19.7. The minimum absolute atomic E-state index is 0.314. The maximum absolute atomic E-state index is 12.4. The molecule has 0 saturated heterocycles. The van der Waals surface area contributed by atoms with Gasteiger partial charge < -0.3 is 29.2 Å². The van der Waals surface area contributed by atoms with E-state index in [0.29, 0.717) is 52.9 Å². The lowest BCUT2D eigenvalue weighted by molar-refractivity contribution is -0.143. The zero-order chi connectivity index (χ0) is 23.4. The third kappa shape index (κ3) is 4.30. The lowest BCUT2D eigenvalue weighted by atomic mass is 9.81. The highest BCUT2D eigenvalue weighted by atomic mass is 16.5. The van der Waals surface area contributed by atoms with Gasteiger partial charge in [0.2, 0.25) is 0 Å². The summed E-state index contributed by atoms with van der Waals surface area (Å²) in [4.78, 5) is 24.1. The van der Waals surface area contributed by atoms with E-state index in [1.165, 1.54) is 14.2 Å². The van der Waals surface area contributed by atoms with E-state index >= 15 is 0 Å². The fourth-order valence-corrected chi connectivity index (χ4v) is 4.51. The summed E-state index contributed by atoms with van der Waals surface area (Å²) in [6.07, 6.45) is -0.314. The van der Waals surface area contributed by atoms with Crippen molar-refractivity contribution >= 4 is 11.9 Å². The molecule has 8 heteroatoms. The summed E-state index contributed by atoms with van der Waals surface area (Å²) in [6, 6.07) is 8.77. The van der Waals surface area contributed by atoms with Gasteiger partial charge in [0, 0.05) is 11.8 Å². The lowest BCUT2D eigenvalue weighted by Gasteiger charge is -2.22. The van der Waals surface area contributed by atoms with Crippen LogP contribution in [0, 0.1) is 5.92 Å². The normalized spacial score (nSPS) is 19.2. The summed E-state index contributed by atoms with van der Waals surface area (Å²) in [7, 11) is 3.01. The van der Waals surface area contributed by atoms with E-state index in [0.717, 1.165) is 0 Å². The third-order valence-electron chi connectivity index (χ3n) is 5.72. The molecule has 3 rings (SSSR count). The summed E-state index contributed by atoms with van der Waals surface area (Å²) in [5.74, 6) is -2.48. The van der Waals surface area contributed by atoms with Gasteiger partial charge in [0.25, 0.3) is 0 Å². The molecule has 0 aromatic heterocycles. The molecular weight excluding hydrogens is 416 g/mol. The van der Waals surface area contributed by atoms with Gasteiger partial charge in [-0.3, -0.25) is 9.59 Å². The van der Waals surface area contributed by atoms with Crippen LogP contribution in [0.25, 0.3) is 0 Å². The fourth-order valence-electron chi connectivity index (χ4n) is 4.51. The number of hydrogen-bond donors (Lipinski definition) is 2. The van der Waals surface area contributed by atoms with E-state index in [-0.39, 0.29) is 6.42 Å². The first-order chi connectivity index (χ1) is 15.4. The second-order valence-electron chi connectivity index (χ2n) is 7.45. The molecule has 32 heavy (non-hydrogen) atoms. The van der Waals surface area contributed by atoms with Crippen LogP contribution in [0.5, 0.6) is 23.0 Å². The Morgan fingerprint density at radius 1 is 0.844 bits per heavy atom. The van der Waals surface area contributed by atoms with Gasteiger partial charge in [-0.15, -0.1) is 0 Å². The molecule has 3 unspecified atom stereocenters. The lowest BCUT2D eigenvalue weighted by Crippen LogP contribution is -2.24. The van der Waals surface area contributed by atoms with Gasteiger partial charge in [-0.05, 0) is 54.8 Å². The maximum Gasteiger partial charge on any atom is 0.308 e. The Bertz CT molecular complexity index is 1000. The van der Waals surface area contributed by atoms with Crippen molar-refractivity contribution in [2.45, 2.75) is 32.1 Å². The number of carbonyl (C=O) groups is 2. The number of methoxy groups -OCH3 is 2. The molecule has 0 aliphatic heterocycles. The highest BCUT2D eigenvalue weighted by Crippen LogP contribution is 2.54. The van der Waals surface area contributed by atoms with Gasteiger partial charge in [0.05, 0.1) is 39.8 Å². The molecule has 2 aromatic carbocycles. The first-order valence-corrected chi connectivity index (χ1v) is 10.5. The molecule has 2 N–H and O–H groups in total. The third-order valence-corrected chi connectivity index (χ3v) is 5.72. The number of hydrogen-bond acceptors (Lipinski definition) is 6. The first kappa shape index (κ1) is 23.2. The minimum atomic E-state index is -1.07. The summed E-state index contributed by atoms with van der Waals surface area (Å²) < 4.78 is 22.2. The Labute approximate surface area is 186 Å². The highest BCUT2D eigenvalue weighted by molar-refractivity contribution is 5.79. The van der Waals surface area contributed by atoms with Crippen molar-refractivity contribution in [2.24, 2.45) is 5.92 Å². The van der Waals surface area contributed by atoms with Crippen LogP contribution in [0.15, 0.2) is 30.3 Å². The van der Waals surface area contributed by atoms with E-state index in [1.807, 2.05) is 13.8 Å². The summed E-state index contributed by atoms with van der Waals surface area (Å²) >= 11 is 0. The average molecular weight is 444 g/mol. The monoisotopic (exact) mass is 444 g/mol. The van der Waals surface area contributed by atoms with Crippen molar-refractivity contribution < 1.29 is 38.7 Å². The number of rotatable bonds is 10. The van der Waals surface area contributed by atoms with E-state index in [4.69, 9.17) is 18.9 Å². The van der Waals surface area contributed by atoms with Crippen LogP contribution < -0.4 is 18.9 Å². The molecule has 0 heterocycles. The molecule has 1 aliphatic rings. The zero-order valence-corrected chi connectivity index (χ0v) is 18.6. The van der Waals surface area contributed by atoms with Crippen LogP contribution in [0.3, 0.4) is 0 Å². The number of ether oxygens (including phenoxy) is 4. The SMILES string of the molecule is CCOc1ccc(C2c3cc(OCC)c(OC)cc3C(CC(=O)O)C2C(=O)O)cc1OC. The maximum atomic E-state index is 12.4. The zero-order valence-electron chi connectivity index (χ0n) is 18.6. The molecule has 8 nitrogen and oxygen atoms in total. The van der Waals surface area contributed by atoms with E-state index < -0.39 is 29.7 Å². The molecule has 0 radical (unpaired) electrons. The molecule has 0 amide bonds. The van der Waals surface area contributed by atoms with Crippen LogP contribution in [-0.4, -0.2) is 49.6 Å². The van der Waals surface area contributed by atoms with E-state index in [1.54, 1.807) is 30.3 Å². The van der Waals surface area contributed by atoms with Gasteiger partial charge in [-0.25, -0.2) is 0 Å². The van der Waals surface area contributed by atoms with Crippen LogP contribution in [0.2, 0.25) is 0 Å². The standard InChI is InChI=1S/C24H28O8/c1-5-31-17-8-7-13(9-18(17)29-3)22-15-11-20(32-6-2)19(30-4)10-14(15)16(12-21(25)26)23(22)24(27)28/h7-11,16,22-23H,5-6,12H2,1-4H3,(H,25,26)(H,27,28). The minimum Gasteiger partial charge on any atom is -0.493 e. The van der Waals surface area contributed by atoms with Gasteiger partial charge in [0.1, 0.15) is 0 Å². The van der Waals surface area contributed by atoms with Gasteiger partial charge >= 0.3 is 11.9 Å². The molecule has 0 spiro atoms. The first-order valence-electron chi connectivity index (χ1n) is 10.5. The number of carboxylic acids is 2. The quantitative estimate of drug-likeness (QED) is 0.567. The molecule has 1 aliphatic carbocycles. The molecule has 2 aromatic rings. The van der Waals surface area contributed by atoms with Crippen LogP contribution >= 0.6 is 0 Å². The molecule has 3 atom stereocenters.